The lowest BCUT2D eigenvalue weighted by Crippen LogP contribution is -2.36. The van der Waals surface area contributed by atoms with Crippen molar-refractivity contribution >= 4 is 11.9 Å². The van der Waals surface area contributed by atoms with Crippen LogP contribution in [0, 0.1) is 5.41 Å². The van der Waals surface area contributed by atoms with Crippen LogP contribution >= 0.6 is 0 Å². The highest BCUT2D eigenvalue weighted by atomic mass is 16.4. The summed E-state index contributed by atoms with van der Waals surface area (Å²) in [4.78, 5) is 21.8. The summed E-state index contributed by atoms with van der Waals surface area (Å²) in [5.74, 6) is -2.56. The molecule has 0 heterocycles. The zero-order chi connectivity index (χ0) is 12.9. The molecule has 0 aromatic heterocycles. The number of benzene rings is 1. The van der Waals surface area contributed by atoms with Gasteiger partial charge in [-0.1, -0.05) is 30.3 Å². The molecule has 0 saturated carbocycles. The van der Waals surface area contributed by atoms with Gasteiger partial charge in [0, 0.05) is 0 Å². The van der Waals surface area contributed by atoms with Gasteiger partial charge in [0.25, 0.3) is 0 Å². The normalized spacial score (nSPS) is 11.1. The van der Waals surface area contributed by atoms with Gasteiger partial charge in [0.2, 0.25) is 0 Å². The topological polar surface area (TPSA) is 74.6 Å². The van der Waals surface area contributed by atoms with Crippen LogP contribution in [-0.4, -0.2) is 22.2 Å². The number of hydrogen-bond donors (Lipinski definition) is 2. The molecule has 0 spiro atoms. The van der Waals surface area contributed by atoms with Crippen molar-refractivity contribution in [1.82, 2.24) is 0 Å². The first-order chi connectivity index (χ1) is 7.97. The maximum absolute atomic E-state index is 10.9. The van der Waals surface area contributed by atoms with Crippen LogP contribution in [0.3, 0.4) is 0 Å². The Bertz CT molecular complexity index is 383. The van der Waals surface area contributed by atoms with Gasteiger partial charge in [0.1, 0.15) is 0 Å². The summed E-state index contributed by atoms with van der Waals surface area (Å²) in [6, 6.07) is 9.60. The van der Waals surface area contributed by atoms with Gasteiger partial charge in [-0.15, -0.1) is 0 Å². The molecule has 0 unspecified atom stereocenters. The summed E-state index contributed by atoms with van der Waals surface area (Å²) in [5.41, 5.74) is -0.597. The fourth-order valence-electron chi connectivity index (χ4n) is 1.60. The number of rotatable bonds is 6. The molecule has 0 radical (unpaired) electrons. The Balaban J connectivity index is 2.55. The largest absolute Gasteiger partial charge is 0.480 e. The standard InChI is InChI=1S/C13H16O4/c1-13(11(14)15,12(16)17)9-5-8-10-6-3-2-4-7-10/h2-4,6-7H,5,8-9H2,1H3,(H,14,15)(H,16,17). The SMILES string of the molecule is CC(CCCc1ccccc1)(C(=O)O)C(=O)O. The smallest absolute Gasteiger partial charge is 0.320 e. The van der Waals surface area contributed by atoms with E-state index in [4.69, 9.17) is 10.2 Å². The number of aliphatic carboxylic acids is 2. The molecule has 1 rings (SSSR count). The third-order valence-electron chi connectivity index (χ3n) is 2.93. The average molecular weight is 236 g/mol. The fraction of sp³-hybridized carbons (Fsp3) is 0.385. The van der Waals surface area contributed by atoms with Gasteiger partial charge in [-0.05, 0) is 31.7 Å². The quantitative estimate of drug-likeness (QED) is 0.742. The molecule has 0 aliphatic rings. The van der Waals surface area contributed by atoms with Gasteiger partial charge in [-0.3, -0.25) is 9.59 Å². The number of carbonyl (C=O) groups is 2. The van der Waals surface area contributed by atoms with Crippen molar-refractivity contribution in [3.63, 3.8) is 0 Å². The molecule has 0 aliphatic carbocycles. The lowest BCUT2D eigenvalue weighted by molar-refractivity contribution is -0.163. The lowest BCUT2D eigenvalue weighted by atomic mass is 9.84. The predicted octanol–water partition coefficient (Wildman–Crippen LogP) is 2.18. The van der Waals surface area contributed by atoms with Crippen molar-refractivity contribution in [3.05, 3.63) is 35.9 Å². The van der Waals surface area contributed by atoms with Crippen molar-refractivity contribution in [1.29, 1.82) is 0 Å². The fourth-order valence-corrected chi connectivity index (χ4v) is 1.60. The number of carboxylic acid groups (broad SMARTS) is 2. The molecular formula is C13H16O4. The minimum absolute atomic E-state index is 0.132. The summed E-state index contributed by atoms with van der Waals surface area (Å²) in [6.07, 6.45) is 1.36. The van der Waals surface area contributed by atoms with Crippen molar-refractivity contribution in [3.8, 4) is 0 Å². The molecule has 0 saturated heterocycles. The average Bonchev–Trinajstić information content (AvgIpc) is 2.29. The third-order valence-corrected chi connectivity index (χ3v) is 2.93. The summed E-state index contributed by atoms with van der Waals surface area (Å²) < 4.78 is 0. The molecule has 0 bridgehead atoms. The molecule has 1 aromatic carbocycles. The first-order valence-electron chi connectivity index (χ1n) is 5.47. The van der Waals surface area contributed by atoms with Crippen molar-refractivity contribution in [2.45, 2.75) is 26.2 Å². The minimum atomic E-state index is -1.69. The van der Waals surface area contributed by atoms with E-state index in [-0.39, 0.29) is 6.42 Å². The molecule has 17 heavy (non-hydrogen) atoms. The molecule has 1 aromatic rings. The van der Waals surface area contributed by atoms with Crippen LogP contribution in [0.2, 0.25) is 0 Å². The van der Waals surface area contributed by atoms with E-state index in [2.05, 4.69) is 0 Å². The van der Waals surface area contributed by atoms with Gasteiger partial charge in [-0.25, -0.2) is 0 Å². The summed E-state index contributed by atoms with van der Waals surface area (Å²) >= 11 is 0. The summed E-state index contributed by atoms with van der Waals surface area (Å²) in [7, 11) is 0. The highest BCUT2D eigenvalue weighted by Gasteiger charge is 2.40. The zero-order valence-electron chi connectivity index (χ0n) is 9.72. The van der Waals surface area contributed by atoms with Gasteiger partial charge >= 0.3 is 11.9 Å². The monoisotopic (exact) mass is 236 g/mol. The molecule has 0 aliphatic heterocycles. The molecule has 0 fully saturated rings. The predicted molar refractivity (Wildman–Crippen MR) is 62.8 cm³/mol. The Morgan fingerprint density at radius 2 is 1.65 bits per heavy atom. The summed E-state index contributed by atoms with van der Waals surface area (Å²) in [6.45, 7) is 1.25. The van der Waals surface area contributed by atoms with Crippen LogP contribution in [0.25, 0.3) is 0 Å². The summed E-state index contributed by atoms with van der Waals surface area (Å²) in [5, 5.41) is 17.8. The van der Waals surface area contributed by atoms with Gasteiger partial charge in [0.05, 0.1) is 0 Å². The van der Waals surface area contributed by atoms with Gasteiger partial charge in [0.15, 0.2) is 5.41 Å². The molecule has 4 heteroatoms. The Hall–Kier alpha value is -1.84. The third kappa shape index (κ3) is 3.31. The first kappa shape index (κ1) is 13.2. The second-order valence-corrected chi connectivity index (χ2v) is 4.28. The minimum Gasteiger partial charge on any atom is -0.480 e. The van der Waals surface area contributed by atoms with E-state index in [0.29, 0.717) is 12.8 Å². The van der Waals surface area contributed by atoms with Gasteiger partial charge < -0.3 is 10.2 Å². The Morgan fingerprint density at radius 1 is 1.12 bits per heavy atom. The van der Waals surface area contributed by atoms with E-state index in [1.807, 2.05) is 30.3 Å². The highest BCUT2D eigenvalue weighted by Crippen LogP contribution is 2.25. The van der Waals surface area contributed by atoms with E-state index < -0.39 is 17.4 Å². The lowest BCUT2D eigenvalue weighted by Gasteiger charge is -2.19. The maximum atomic E-state index is 10.9. The van der Waals surface area contributed by atoms with Crippen LogP contribution in [0.15, 0.2) is 30.3 Å². The van der Waals surface area contributed by atoms with Crippen LogP contribution in [0.5, 0.6) is 0 Å². The van der Waals surface area contributed by atoms with Crippen LogP contribution < -0.4 is 0 Å². The second kappa shape index (κ2) is 5.48. The second-order valence-electron chi connectivity index (χ2n) is 4.28. The van der Waals surface area contributed by atoms with Crippen LogP contribution in [0.4, 0.5) is 0 Å². The first-order valence-corrected chi connectivity index (χ1v) is 5.47. The van der Waals surface area contributed by atoms with E-state index >= 15 is 0 Å². The van der Waals surface area contributed by atoms with Crippen molar-refractivity contribution in [2.75, 3.05) is 0 Å². The van der Waals surface area contributed by atoms with E-state index in [0.717, 1.165) is 5.56 Å². The molecular weight excluding hydrogens is 220 g/mol. The van der Waals surface area contributed by atoms with Crippen molar-refractivity contribution in [2.24, 2.45) is 5.41 Å². The Kier molecular flexibility index (Phi) is 4.26. The number of carboxylic acids is 2. The molecule has 4 nitrogen and oxygen atoms in total. The van der Waals surface area contributed by atoms with Crippen LogP contribution in [0.1, 0.15) is 25.3 Å². The zero-order valence-corrected chi connectivity index (χ0v) is 9.72. The van der Waals surface area contributed by atoms with Crippen molar-refractivity contribution < 1.29 is 19.8 Å². The van der Waals surface area contributed by atoms with E-state index in [1.54, 1.807) is 0 Å². The maximum Gasteiger partial charge on any atom is 0.320 e. The van der Waals surface area contributed by atoms with Gasteiger partial charge in [-0.2, -0.15) is 0 Å². The number of aryl methyl sites for hydroxylation is 1. The highest BCUT2D eigenvalue weighted by molar-refractivity contribution is 5.97. The molecule has 92 valence electrons. The molecule has 0 amide bonds. The van der Waals surface area contributed by atoms with Crippen LogP contribution in [-0.2, 0) is 16.0 Å². The Labute approximate surface area is 99.9 Å². The number of hydrogen-bond acceptors (Lipinski definition) is 2. The van der Waals surface area contributed by atoms with E-state index in [9.17, 15) is 9.59 Å². The molecule has 0 atom stereocenters. The van der Waals surface area contributed by atoms with E-state index in [1.165, 1.54) is 6.92 Å². The molecule has 2 N–H and O–H groups in total. The Morgan fingerprint density at radius 3 is 2.12 bits per heavy atom.